The number of aromatic nitrogens is 3. The van der Waals surface area contributed by atoms with Gasteiger partial charge in [0.1, 0.15) is 5.01 Å². The maximum atomic E-state index is 4.48. The lowest BCUT2D eigenvalue weighted by molar-refractivity contribution is 0.295. The predicted molar refractivity (Wildman–Crippen MR) is 81.8 cm³/mol. The van der Waals surface area contributed by atoms with Crippen molar-refractivity contribution in [3.05, 3.63) is 11.2 Å². The molecule has 0 aromatic carbocycles. The topological polar surface area (TPSA) is 53.9 Å². The first-order chi connectivity index (χ1) is 9.26. The van der Waals surface area contributed by atoms with E-state index in [1.165, 1.54) is 0 Å². The third kappa shape index (κ3) is 3.71. The molecular formula is C12H19N5S2. The lowest BCUT2D eigenvalue weighted by Gasteiger charge is -2.15. The van der Waals surface area contributed by atoms with Gasteiger partial charge in [-0.15, -0.1) is 21.5 Å². The molecule has 0 radical (unpaired) electrons. The highest BCUT2D eigenvalue weighted by Gasteiger charge is 2.11. The van der Waals surface area contributed by atoms with E-state index in [1.54, 1.807) is 22.7 Å². The summed E-state index contributed by atoms with van der Waals surface area (Å²) in [6, 6.07) is 0. The van der Waals surface area contributed by atoms with Gasteiger partial charge in [-0.2, -0.15) is 0 Å². The van der Waals surface area contributed by atoms with Crippen molar-refractivity contribution < 1.29 is 0 Å². The van der Waals surface area contributed by atoms with Gasteiger partial charge in [0.25, 0.3) is 0 Å². The molecule has 0 saturated heterocycles. The first-order valence-electron chi connectivity index (χ1n) is 6.51. The number of hydrogen-bond donors (Lipinski definition) is 1. The van der Waals surface area contributed by atoms with E-state index in [-0.39, 0.29) is 0 Å². The van der Waals surface area contributed by atoms with Crippen LogP contribution >= 0.6 is 22.7 Å². The minimum atomic E-state index is 0.866. The molecule has 0 unspecified atom stereocenters. The zero-order valence-corrected chi connectivity index (χ0v) is 13.1. The Balaban J connectivity index is 2.07. The Bertz CT molecular complexity index is 504. The predicted octanol–water partition coefficient (Wildman–Crippen LogP) is 2.94. The van der Waals surface area contributed by atoms with Crippen molar-refractivity contribution in [1.29, 1.82) is 0 Å². The summed E-state index contributed by atoms with van der Waals surface area (Å²) in [5, 5.41) is 14.4. The molecule has 0 atom stereocenters. The van der Waals surface area contributed by atoms with Gasteiger partial charge in [0, 0.05) is 12.7 Å². The second-order valence-electron chi connectivity index (χ2n) is 4.02. The number of nitrogens with one attached hydrogen (secondary N) is 1. The number of anilines is 1. The van der Waals surface area contributed by atoms with E-state index in [2.05, 4.69) is 46.2 Å². The summed E-state index contributed by atoms with van der Waals surface area (Å²) in [6.45, 7) is 10.3. The van der Waals surface area contributed by atoms with Crippen molar-refractivity contribution in [3.8, 4) is 9.88 Å². The van der Waals surface area contributed by atoms with Gasteiger partial charge in [-0.1, -0.05) is 25.2 Å². The fourth-order valence-corrected chi connectivity index (χ4v) is 3.47. The zero-order valence-electron chi connectivity index (χ0n) is 11.5. The van der Waals surface area contributed by atoms with Crippen molar-refractivity contribution in [3.63, 3.8) is 0 Å². The van der Waals surface area contributed by atoms with E-state index < -0.39 is 0 Å². The van der Waals surface area contributed by atoms with Crippen LogP contribution in [-0.4, -0.2) is 39.7 Å². The Morgan fingerprint density at radius 1 is 1.16 bits per heavy atom. The van der Waals surface area contributed by atoms with Crippen molar-refractivity contribution in [1.82, 2.24) is 20.1 Å². The van der Waals surface area contributed by atoms with Crippen LogP contribution in [0, 0.1) is 0 Å². The molecule has 0 aliphatic rings. The first kappa shape index (κ1) is 14.4. The average Bonchev–Trinajstić information content (AvgIpc) is 3.05. The highest BCUT2D eigenvalue weighted by atomic mass is 32.1. The molecule has 5 nitrogen and oxygen atoms in total. The van der Waals surface area contributed by atoms with Crippen molar-refractivity contribution in [2.45, 2.75) is 27.3 Å². The van der Waals surface area contributed by atoms with Crippen molar-refractivity contribution >= 4 is 27.8 Å². The van der Waals surface area contributed by atoms with Crippen LogP contribution in [0.5, 0.6) is 0 Å². The summed E-state index contributed by atoms with van der Waals surface area (Å²) in [5.74, 6) is 0. The van der Waals surface area contributed by atoms with E-state index in [0.29, 0.717) is 0 Å². The zero-order chi connectivity index (χ0) is 13.7. The van der Waals surface area contributed by atoms with Gasteiger partial charge in [0.05, 0.1) is 11.4 Å². The van der Waals surface area contributed by atoms with Crippen LogP contribution in [0.3, 0.4) is 0 Å². The van der Waals surface area contributed by atoms with Gasteiger partial charge >= 0.3 is 0 Å². The molecule has 0 bridgehead atoms. The molecule has 0 fully saturated rings. The Labute approximate surface area is 121 Å². The van der Waals surface area contributed by atoms with Crippen LogP contribution in [0.1, 0.15) is 25.8 Å². The molecule has 0 spiro atoms. The van der Waals surface area contributed by atoms with E-state index in [0.717, 1.165) is 46.2 Å². The summed E-state index contributed by atoms with van der Waals surface area (Å²) in [7, 11) is 0. The molecule has 7 heteroatoms. The maximum absolute atomic E-state index is 4.48. The monoisotopic (exact) mass is 297 g/mol. The first-order valence-corrected chi connectivity index (χ1v) is 8.14. The standard InChI is InChI=1S/C12H19N5S2/c1-4-13-12-16-15-11(19-12)9-7-14-10(18-9)8-17(5-2)6-3/h7H,4-6,8H2,1-3H3,(H,13,16). The van der Waals surface area contributed by atoms with Gasteiger partial charge in [0.15, 0.2) is 5.01 Å². The van der Waals surface area contributed by atoms with Gasteiger partial charge in [0.2, 0.25) is 5.13 Å². The number of thiazole rings is 1. The fourth-order valence-electron chi connectivity index (χ4n) is 1.67. The molecule has 19 heavy (non-hydrogen) atoms. The molecule has 104 valence electrons. The van der Waals surface area contributed by atoms with E-state index in [4.69, 9.17) is 0 Å². The van der Waals surface area contributed by atoms with Gasteiger partial charge in [-0.25, -0.2) is 4.98 Å². The van der Waals surface area contributed by atoms with Crippen LogP contribution in [-0.2, 0) is 6.54 Å². The van der Waals surface area contributed by atoms with Crippen LogP contribution < -0.4 is 5.32 Å². The van der Waals surface area contributed by atoms with E-state index in [9.17, 15) is 0 Å². The Morgan fingerprint density at radius 2 is 1.95 bits per heavy atom. The Morgan fingerprint density at radius 3 is 2.63 bits per heavy atom. The number of hydrogen-bond acceptors (Lipinski definition) is 7. The molecule has 0 aliphatic carbocycles. The molecule has 2 aromatic rings. The highest BCUT2D eigenvalue weighted by Crippen LogP contribution is 2.30. The number of nitrogens with zero attached hydrogens (tertiary/aromatic N) is 4. The minimum absolute atomic E-state index is 0.866. The fraction of sp³-hybridized carbons (Fsp3) is 0.583. The molecule has 2 aromatic heterocycles. The molecule has 1 N–H and O–H groups in total. The molecular weight excluding hydrogens is 278 g/mol. The highest BCUT2D eigenvalue weighted by molar-refractivity contribution is 7.23. The normalized spacial score (nSPS) is 11.2. The Kier molecular flexibility index (Phi) is 5.24. The number of rotatable bonds is 7. The molecule has 0 aliphatic heterocycles. The third-order valence-corrected chi connectivity index (χ3v) is 4.80. The maximum Gasteiger partial charge on any atom is 0.206 e. The van der Waals surface area contributed by atoms with Gasteiger partial charge in [-0.05, 0) is 20.0 Å². The molecule has 2 heterocycles. The van der Waals surface area contributed by atoms with Crippen LogP contribution in [0.2, 0.25) is 0 Å². The summed E-state index contributed by atoms with van der Waals surface area (Å²) in [4.78, 5) is 7.93. The second kappa shape index (κ2) is 6.93. The van der Waals surface area contributed by atoms with Gasteiger partial charge in [-0.3, -0.25) is 4.90 Å². The molecule has 0 saturated carbocycles. The average molecular weight is 297 g/mol. The SMILES string of the molecule is CCNc1nnc(-c2cnc(CN(CC)CC)s2)s1. The Hall–Kier alpha value is -1.05. The van der Waals surface area contributed by atoms with Gasteiger partial charge < -0.3 is 5.32 Å². The minimum Gasteiger partial charge on any atom is -0.360 e. The summed E-state index contributed by atoms with van der Waals surface area (Å²) in [6.07, 6.45) is 1.90. The van der Waals surface area contributed by atoms with Crippen molar-refractivity contribution in [2.75, 3.05) is 25.0 Å². The quantitative estimate of drug-likeness (QED) is 0.851. The van der Waals surface area contributed by atoms with Crippen LogP contribution in [0.15, 0.2) is 6.20 Å². The largest absolute Gasteiger partial charge is 0.360 e. The van der Waals surface area contributed by atoms with E-state index in [1.807, 2.05) is 6.20 Å². The van der Waals surface area contributed by atoms with Crippen molar-refractivity contribution in [2.24, 2.45) is 0 Å². The lowest BCUT2D eigenvalue weighted by atomic mass is 10.5. The lowest BCUT2D eigenvalue weighted by Crippen LogP contribution is -2.21. The van der Waals surface area contributed by atoms with E-state index >= 15 is 0 Å². The molecule has 2 rings (SSSR count). The summed E-state index contributed by atoms with van der Waals surface area (Å²) < 4.78 is 0. The smallest absolute Gasteiger partial charge is 0.206 e. The summed E-state index contributed by atoms with van der Waals surface area (Å²) in [5.41, 5.74) is 0. The molecule has 0 amide bonds. The third-order valence-electron chi connectivity index (χ3n) is 2.77. The van der Waals surface area contributed by atoms with Crippen LogP contribution in [0.4, 0.5) is 5.13 Å². The summed E-state index contributed by atoms with van der Waals surface area (Å²) >= 11 is 3.28. The van der Waals surface area contributed by atoms with Crippen LogP contribution in [0.25, 0.3) is 9.88 Å². The second-order valence-corrected chi connectivity index (χ2v) is 6.12.